The topological polar surface area (TPSA) is 106 Å². The number of hydrogen-bond acceptors (Lipinski definition) is 7. The molecule has 0 N–H and O–H groups in total. The van der Waals surface area contributed by atoms with Gasteiger partial charge in [0.15, 0.2) is 5.69 Å². The van der Waals surface area contributed by atoms with Gasteiger partial charge in [-0.2, -0.15) is 5.10 Å². The van der Waals surface area contributed by atoms with E-state index in [1.54, 1.807) is 38.3 Å². The predicted molar refractivity (Wildman–Crippen MR) is 111 cm³/mol. The molecule has 0 bridgehead atoms. The Morgan fingerprint density at radius 3 is 2.52 bits per heavy atom. The van der Waals surface area contributed by atoms with Gasteiger partial charge in [-0.15, -0.1) is 4.91 Å². The Labute approximate surface area is 179 Å². The van der Waals surface area contributed by atoms with Crippen LogP contribution in [0.3, 0.4) is 0 Å². The average molecular weight is 427 g/mol. The van der Waals surface area contributed by atoms with Crippen LogP contribution in [0, 0.1) is 4.91 Å². The fourth-order valence-electron chi connectivity index (χ4n) is 4.24. The number of aromatic nitrogens is 2. The molecule has 3 heterocycles. The predicted octanol–water partition coefficient (Wildman–Crippen LogP) is 2.20. The molecule has 10 nitrogen and oxygen atoms in total. The van der Waals surface area contributed by atoms with Crippen molar-refractivity contribution in [3.05, 3.63) is 46.1 Å². The second-order valence-electron chi connectivity index (χ2n) is 7.52. The van der Waals surface area contributed by atoms with E-state index in [1.807, 2.05) is 4.90 Å². The van der Waals surface area contributed by atoms with E-state index in [0.29, 0.717) is 61.6 Å². The highest BCUT2D eigenvalue weighted by Gasteiger charge is 2.38. The molecule has 2 aliphatic heterocycles. The molecule has 1 aromatic carbocycles. The maximum atomic E-state index is 13.6. The summed E-state index contributed by atoms with van der Waals surface area (Å²) >= 11 is 0. The first kappa shape index (κ1) is 20.8. The molecule has 1 amide bonds. The Hall–Kier alpha value is -3.43. The molecule has 0 unspecified atom stereocenters. The number of benzene rings is 1. The van der Waals surface area contributed by atoms with Gasteiger partial charge in [0.2, 0.25) is 0 Å². The lowest BCUT2D eigenvalue weighted by Gasteiger charge is -2.38. The van der Waals surface area contributed by atoms with Crippen molar-refractivity contribution in [3.8, 4) is 11.4 Å². The number of fused-ring (bicyclic) bond motifs is 1. The zero-order chi connectivity index (χ0) is 22.0. The first-order chi connectivity index (χ1) is 15.1. The number of nitroso groups, excluding NO2 is 1. The molecule has 0 aliphatic carbocycles. The summed E-state index contributed by atoms with van der Waals surface area (Å²) in [5.74, 6) is -0.0193. The Kier molecular flexibility index (Phi) is 5.88. The van der Waals surface area contributed by atoms with Gasteiger partial charge in [-0.1, -0.05) is 0 Å². The lowest BCUT2D eigenvalue weighted by molar-refractivity contribution is 0.0516. The molecule has 4 rings (SSSR count). The number of esters is 1. The molecule has 0 atom stereocenters. The third-order valence-electron chi connectivity index (χ3n) is 5.83. The number of methoxy groups -OCH3 is 1. The van der Waals surface area contributed by atoms with Crippen LogP contribution < -0.4 is 4.74 Å². The van der Waals surface area contributed by atoms with Crippen molar-refractivity contribution in [1.29, 1.82) is 0 Å². The molecule has 1 aromatic heterocycles. The number of hydrogen-bond donors (Lipinski definition) is 0. The Balaban J connectivity index is 1.71. The average Bonchev–Trinajstić information content (AvgIpc) is 3.20. The van der Waals surface area contributed by atoms with E-state index in [0.717, 1.165) is 0 Å². The van der Waals surface area contributed by atoms with Crippen molar-refractivity contribution >= 4 is 11.9 Å². The van der Waals surface area contributed by atoms with Crippen LogP contribution in [0.2, 0.25) is 0 Å². The smallest absolute Gasteiger partial charge is 0.359 e. The third-order valence-corrected chi connectivity index (χ3v) is 5.83. The van der Waals surface area contributed by atoms with E-state index in [2.05, 4.69) is 10.4 Å². The number of rotatable bonds is 6. The zero-order valence-electron chi connectivity index (χ0n) is 17.6. The van der Waals surface area contributed by atoms with Crippen molar-refractivity contribution in [1.82, 2.24) is 19.7 Å². The first-order valence-electron chi connectivity index (χ1n) is 10.4. The van der Waals surface area contributed by atoms with Crippen LogP contribution in [-0.2, 0) is 11.2 Å². The van der Waals surface area contributed by atoms with Crippen molar-refractivity contribution < 1.29 is 19.1 Å². The summed E-state index contributed by atoms with van der Waals surface area (Å²) in [6, 6.07) is 7.16. The van der Waals surface area contributed by atoms with Crippen molar-refractivity contribution in [2.24, 2.45) is 5.29 Å². The minimum atomic E-state index is -0.530. The van der Waals surface area contributed by atoms with Gasteiger partial charge in [-0.25, -0.2) is 9.48 Å². The number of carbonyl (C=O) groups is 2. The van der Waals surface area contributed by atoms with Crippen LogP contribution >= 0.6 is 0 Å². The molecule has 10 heteroatoms. The van der Waals surface area contributed by atoms with E-state index in [1.165, 1.54) is 9.69 Å². The van der Waals surface area contributed by atoms with Crippen molar-refractivity contribution in [2.45, 2.75) is 32.2 Å². The molecule has 31 heavy (non-hydrogen) atoms. The van der Waals surface area contributed by atoms with Crippen molar-refractivity contribution in [2.75, 3.05) is 33.4 Å². The zero-order valence-corrected chi connectivity index (χ0v) is 17.6. The van der Waals surface area contributed by atoms with Gasteiger partial charge < -0.3 is 14.4 Å². The standard InChI is InChI=1S/C21H25N5O5/c1-3-31-21(28)18-17-10-13-25(14-8-11-24(23-29)12-9-14)20(27)19(17)26(22-18)15-4-6-16(30-2)7-5-15/h4-7,14H,3,8-13H2,1-2H3. The fraction of sp³-hybridized carbons (Fsp3) is 0.476. The minimum Gasteiger partial charge on any atom is -0.497 e. The molecule has 0 saturated carbocycles. The molecule has 0 spiro atoms. The number of ether oxygens (including phenoxy) is 2. The van der Waals surface area contributed by atoms with Crippen LogP contribution in [0.25, 0.3) is 5.69 Å². The van der Waals surface area contributed by atoms with E-state index in [-0.39, 0.29) is 24.2 Å². The molecule has 164 valence electrons. The lowest BCUT2D eigenvalue weighted by atomic mass is 9.97. The summed E-state index contributed by atoms with van der Waals surface area (Å²) in [5, 5.41) is 8.96. The summed E-state index contributed by atoms with van der Waals surface area (Å²) in [7, 11) is 1.58. The monoisotopic (exact) mass is 427 g/mol. The van der Waals surface area contributed by atoms with Gasteiger partial charge in [0.25, 0.3) is 5.91 Å². The number of amides is 1. The molecule has 0 radical (unpaired) electrons. The first-order valence-corrected chi connectivity index (χ1v) is 10.4. The summed E-state index contributed by atoms with van der Waals surface area (Å²) in [6.07, 6.45) is 1.86. The van der Waals surface area contributed by atoms with Crippen LogP contribution in [0.5, 0.6) is 5.75 Å². The van der Waals surface area contributed by atoms with Crippen LogP contribution in [-0.4, -0.2) is 71.0 Å². The van der Waals surface area contributed by atoms with Gasteiger partial charge in [0.05, 0.1) is 24.7 Å². The molecule has 1 fully saturated rings. The normalized spacial score (nSPS) is 16.8. The number of nitrogens with zero attached hydrogens (tertiary/aromatic N) is 5. The largest absolute Gasteiger partial charge is 0.497 e. The summed E-state index contributed by atoms with van der Waals surface area (Å²) in [4.78, 5) is 38.7. The van der Waals surface area contributed by atoms with E-state index < -0.39 is 5.97 Å². The number of carbonyl (C=O) groups excluding carboxylic acids is 2. The summed E-state index contributed by atoms with van der Waals surface area (Å²) < 4.78 is 11.9. The molecule has 1 saturated heterocycles. The summed E-state index contributed by atoms with van der Waals surface area (Å²) in [6.45, 7) is 3.50. The maximum absolute atomic E-state index is 13.6. The highest BCUT2D eigenvalue weighted by molar-refractivity contribution is 6.00. The Bertz CT molecular complexity index is 979. The minimum absolute atomic E-state index is 0.0175. The van der Waals surface area contributed by atoms with Gasteiger partial charge >= 0.3 is 5.97 Å². The second-order valence-corrected chi connectivity index (χ2v) is 7.52. The molecule has 2 aromatic rings. The fourth-order valence-corrected chi connectivity index (χ4v) is 4.24. The highest BCUT2D eigenvalue weighted by atomic mass is 16.5. The molecular formula is C21H25N5O5. The van der Waals surface area contributed by atoms with E-state index in [9.17, 15) is 14.5 Å². The Morgan fingerprint density at radius 1 is 1.19 bits per heavy atom. The molecular weight excluding hydrogens is 402 g/mol. The van der Waals surface area contributed by atoms with E-state index >= 15 is 0 Å². The lowest BCUT2D eigenvalue weighted by Crippen LogP contribution is -2.49. The second kappa shape index (κ2) is 8.75. The van der Waals surface area contributed by atoms with Gasteiger partial charge in [-0.3, -0.25) is 9.80 Å². The Morgan fingerprint density at radius 2 is 1.90 bits per heavy atom. The SMILES string of the molecule is CCOC(=O)c1nn(-c2ccc(OC)cc2)c2c1CCN(C1CCN(N=O)CC1)C2=O. The molecule has 2 aliphatic rings. The van der Waals surface area contributed by atoms with Crippen LogP contribution in [0.15, 0.2) is 29.6 Å². The number of piperidine rings is 1. The van der Waals surface area contributed by atoms with Crippen molar-refractivity contribution in [3.63, 3.8) is 0 Å². The highest BCUT2D eigenvalue weighted by Crippen LogP contribution is 2.30. The summed E-state index contributed by atoms with van der Waals surface area (Å²) in [5.41, 5.74) is 1.83. The van der Waals surface area contributed by atoms with E-state index in [4.69, 9.17) is 9.47 Å². The quantitative estimate of drug-likeness (QED) is 0.514. The van der Waals surface area contributed by atoms with Gasteiger partial charge in [0.1, 0.15) is 11.4 Å². The third kappa shape index (κ3) is 3.85. The van der Waals surface area contributed by atoms with Crippen LogP contribution in [0.1, 0.15) is 46.3 Å². The van der Waals surface area contributed by atoms with Gasteiger partial charge in [-0.05, 0) is 50.5 Å². The van der Waals surface area contributed by atoms with Crippen LogP contribution in [0.4, 0.5) is 0 Å². The maximum Gasteiger partial charge on any atom is 0.359 e. The van der Waals surface area contributed by atoms with Gasteiger partial charge in [0, 0.05) is 31.2 Å².